The van der Waals surface area contributed by atoms with Crippen LogP contribution in [0.15, 0.2) is 24.3 Å². The molecule has 0 aliphatic heterocycles. The molecule has 3 N–H and O–H groups in total. The van der Waals surface area contributed by atoms with Gasteiger partial charge in [0.1, 0.15) is 5.75 Å². The van der Waals surface area contributed by atoms with Gasteiger partial charge in [-0.15, -0.1) is 0 Å². The maximum absolute atomic E-state index is 7.20. The van der Waals surface area contributed by atoms with Crippen molar-refractivity contribution in [2.45, 2.75) is 13.0 Å². The number of benzene rings is 1. The number of hydrogen-bond acceptors (Lipinski definition) is 3. The third-order valence-electron chi connectivity index (χ3n) is 1.82. The van der Waals surface area contributed by atoms with Crippen molar-refractivity contribution in [3.8, 4) is 5.75 Å². The standard InChI is InChI=1S/C10H14N3O/c1-7(11)8-3-5-9(6-4-8)14-10(12)13-2/h3-7H,11H2,1-2H3,(H-,12,13)/q-1. The van der Waals surface area contributed by atoms with Crippen molar-refractivity contribution in [2.75, 3.05) is 7.05 Å². The molecule has 0 aliphatic carbocycles. The van der Waals surface area contributed by atoms with Gasteiger partial charge in [-0.3, -0.25) is 0 Å². The summed E-state index contributed by atoms with van der Waals surface area (Å²) in [7, 11) is 1.51. The Morgan fingerprint density at radius 2 is 2.00 bits per heavy atom. The quantitative estimate of drug-likeness (QED) is 0.555. The van der Waals surface area contributed by atoms with E-state index in [1.54, 1.807) is 12.1 Å². The number of rotatable bonds is 2. The fourth-order valence-electron chi connectivity index (χ4n) is 0.997. The summed E-state index contributed by atoms with van der Waals surface area (Å²) in [6, 6.07) is 7.22. The second-order valence-corrected chi connectivity index (χ2v) is 2.99. The molecule has 1 rings (SSSR count). The Morgan fingerprint density at radius 1 is 1.43 bits per heavy atom. The van der Waals surface area contributed by atoms with E-state index in [4.69, 9.17) is 15.9 Å². The minimum Gasteiger partial charge on any atom is -0.466 e. The molecule has 0 bridgehead atoms. The highest BCUT2D eigenvalue weighted by Crippen LogP contribution is 2.16. The topological polar surface area (TPSA) is 73.2 Å². The Bertz CT molecular complexity index is 306. The Labute approximate surface area is 83.6 Å². The molecular weight excluding hydrogens is 178 g/mol. The molecule has 0 radical (unpaired) electrons. The minimum absolute atomic E-state index is 0.0133. The highest BCUT2D eigenvalue weighted by Gasteiger charge is 1.99. The van der Waals surface area contributed by atoms with Gasteiger partial charge in [-0.05, 0) is 24.6 Å². The van der Waals surface area contributed by atoms with E-state index in [1.165, 1.54) is 7.05 Å². The molecule has 1 unspecified atom stereocenters. The third kappa shape index (κ3) is 2.74. The largest absolute Gasteiger partial charge is 0.466 e. The van der Waals surface area contributed by atoms with Crippen LogP contribution in [0.2, 0.25) is 0 Å². The van der Waals surface area contributed by atoms with E-state index in [1.807, 2.05) is 19.1 Å². The van der Waals surface area contributed by atoms with Crippen molar-refractivity contribution in [1.82, 2.24) is 0 Å². The predicted octanol–water partition coefficient (Wildman–Crippen LogP) is 2.02. The van der Waals surface area contributed by atoms with Crippen LogP contribution in [0.5, 0.6) is 5.75 Å². The van der Waals surface area contributed by atoms with Crippen molar-refractivity contribution in [2.24, 2.45) is 5.73 Å². The smallest absolute Gasteiger partial charge is 0.126 e. The highest BCUT2D eigenvalue weighted by molar-refractivity contribution is 5.85. The van der Waals surface area contributed by atoms with E-state index < -0.39 is 0 Å². The first-order valence-corrected chi connectivity index (χ1v) is 4.35. The lowest BCUT2D eigenvalue weighted by Gasteiger charge is -2.13. The molecule has 76 valence electrons. The fraction of sp³-hybridized carbons (Fsp3) is 0.300. The lowest BCUT2D eigenvalue weighted by molar-refractivity contribution is 0.546. The summed E-state index contributed by atoms with van der Waals surface area (Å²) in [6.07, 6.45) is 0. The molecular formula is C10H14N3O-. The second-order valence-electron chi connectivity index (χ2n) is 2.99. The number of nitrogens with zero attached hydrogens (tertiary/aromatic N) is 1. The van der Waals surface area contributed by atoms with Crippen LogP contribution in [0.3, 0.4) is 0 Å². The minimum atomic E-state index is -0.0986. The molecule has 0 heterocycles. The maximum atomic E-state index is 7.20. The zero-order valence-corrected chi connectivity index (χ0v) is 8.32. The zero-order chi connectivity index (χ0) is 10.6. The molecule has 0 amide bonds. The summed E-state index contributed by atoms with van der Waals surface area (Å²) in [5.41, 5.74) is 6.73. The van der Waals surface area contributed by atoms with E-state index in [-0.39, 0.29) is 12.1 Å². The third-order valence-corrected chi connectivity index (χ3v) is 1.82. The van der Waals surface area contributed by atoms with Gasteiger partial charge >= 0.3 is 0 Å². The molecule has 1 aromatic carbocycles. The average Bonchev–Trinajstić information content (AvgIpc) is 2.18. The summed E-state index contributed by atoms with van der Waals surface area (Å²) in [5, 5.41) is 10.8. The summed E-state index contributed by atoms with van der Waals surface area (Å²) in [4.78, 5) is 0. The van der Waals surface area contributed by atoms with Gasteiger partial charge in [0.25, 0.3) is 0 Å². The SMILES string of the molecule is C[N-]C(=N)Oc1ccc(C(C)N)cc1. The second kappa shape index (κ2) is 4.62. The van der Waals surface area contributed by atoms with Crippen molar-refractivity contribution >= 4 is 6.02 Å². The van der Waals surface area contributed by atoms with Gasteiger partial charge in [0.15, 0.2) is 0 Å². The number of nitrogens with two attached hydrogens (primary N) is 1. The van der Waals surface area contributed by atoms with Crippen LogP contribution in [0.1, 0.15) is 18.5 Å². The Morgan fingerprint density at radius 3 is 2.43 bits per heavy atom. The molecule has 14 heavy (non-hydrogen) atoms. The molecule has 0 aromatic heterocycles. The summed E-state index contributed by atoms with van der Waals surface area (Å²) < 4.78 is 5.07. The van der Waals surface area contributed by atoms with E-state index in [2.05, 4.69) is 5.32 Å². The number of amidine groups is 1. The van der Waals surface area contributed by atoms with Crippen molar-refractivity contribution in [3.05, 3.63) is 35.1 Å². The van der Waals surface area contributed by atoms with Gasteiger partial charge < -0.3 is 21.2 Å². The van der Waals surface area contributed by atoms with E-state index in [0.717, 1.165) is 5.56 Å². The van der Waals surface area contributed by atoms with Gasteiger partial charge in [-0.25, -0.2) is 0 Å². The molecule has 1 atom stereocenters. The van der Waals surface area contributed by atoms with Crippen molar-refractivity contribution < 1.29 is 4.74 Å². The average molecular weight is 192 g/mol. The Balaban J connectivity index is 2.69. The van der Waals surface area contributed by atoms with Crippen LogP contribution >= 0.6 is 0 Å². The van der Waals surface area contributed by atoms with Crippen LogP contribution in [-0.2, 0) is 0 Å². The maximum Gasteiger partial charge on any atom is 0.126 e. The lowest BCUT2D eigenvalue weighted by Crippen LogP contribution is -2.06. The van der Waals surface area contributed by atoms with Gasteiger partial charge in [0.2, 0.25) is 0 Å². The van der Waals surface area contributed by atoms with Crippen molar-refractivity contribution in [1.29, 1.82) is 5.41 Å². The number of hydrogen-bond donors (Lipinski definition) is 2. The first kappa shape index (κ1) is 10.5. The van der Waals surface area contributed by atoms with E-state index >= 15 is 0 Å². The monoisotopic (exact) mass is 192 g/mol. The number of ether oxygens (including phenoxy) is 1. The van der Waals surface area contributed by atoms with Gasteiger partial charge in [-0.2, -0.15) is 0 Å². The molecule has 1 aromatic rings. The molecule has 0 fully saturated rings. The van der Waals surface area contributed by atoms with Crippen LogP contribution in [0.4, 0.5) is 0 Å². The summed E-state index contributed by atoms with van der Waals surface area (Å²) in [5.74, 6) is 0.602. The van der Waals surface area contributed by atoms with Crippen LogP contribution < -0.4 is 10.5 Å². The molecule has 0 spiro atoms. The fourth-order valence-corrected chi connectivity index (χ4v) is 0.997. The summed E-state index contributed by atoms with van der Waals surface area (Å²) >= 11 is 0. The predicted molar refractivity (Wildman–Crippen MR) is 56.7 cm³/mol. The first-order chi connectivity index (χ1) is 6.63. The molecule has 0 aliphatic rings. The molecule has 4 nitrogen and oxygen atoms in total. The Hall–Kier alpha value is -1.55. The van der Waals surface area contributed by atoms with Crippen LogP contribution in [-0.4, -0.2) is 13.1 Å². The van der Waals surface area contributed by atoms with Crippen LogP contribution in [0.25, 0.3) is 5.32 Å². The zero-order valence-electron chi connectivity index (χ0n) is 8.32. The van der Waals surface area contributed by atoms with Crippen LogP contribution in [0, 0.1) is 5.41 Å². The normalized spacial score (nSPS) is 11.9. The van der Waals surface area contributed by atoms with Gasteiger partial charge in [-0.1, -0.05) is 19.2 Å². The van der Waals surface area contributed by atoms with E-state index in [9.17, 15) is 0 Å². The summed E-state index contributed by atoms with van der Waals surface area (Å²) in [6.45, 7) is 1.92. The highest BCUT2D eigenvalue weighted by atomic mass is 16.5. The first-order valence-electron chi connectivity index (χ1n) is 4.35. The van der Waals surface area contributed by atoms with Gasteiger partial charge in [0.05, 0.1) is 6.02 Å². The molecule has 0 saturated heterocycles. The molecule has 4 heteroatoms. The lowest BCUT2D eigenvalue weighted by atomic mass is 10.1. The van der Waals surface area contributed by atoms with Crippen molar-refractivity contribution in [3.63, 3.8) is 0 Å². The van der Waals surface area contributed by atoms with Gasteiger partial charge in [0, 0.05) is 6.04 Å². The number of nitrogens with one attached hydrogen (secondary N) is 1. The Kier molecular flexibility index (Phi) is 3.48. The molecule has 0 saturated carbocycles. The van der Waals surface area contributed by atoms with E-state index in [0.29, 0.717) is 5.75 Å².